The zero-order chi connectivity index (χ0) is 28.5. The molecule has 0 aliphatic heterocycles. The second-order valence-electron chi connectivity index (χ2n) is 5.83. The number of hydrogen-bond donors (Lipinski definition) is 0. The van der Waals surface area contributed by atoms with Gasteiger partial charge in [0.05, 0.1) is 6.61 Å². The van der Waals surface area contributed by atoms with Crippen molar-refractivity contribution in [1.82, 2.24) is 0 Å². The number of carbonyl (C=O) groups excluding carboxylic acids is 1. The zero-order valence-corrected chi connectivity index (χ0v) is 16.1. The first-order valence-corrected chi connectivity index (χ1v) is 8.01. The average Bonchev–Trinajstić information content (AvgIpc) is 2.61. The van der Waals surface area contributed by atoms with Crippen molar-refractivity contribution in [1.29, 1.82) is 0 Å². The van der Waals surface area contributed by atoms with Crippen LogP contribution in [0.1, 0.15) is 6.92 Å². The van der Waals surface area contributed by atoms with Crippen LogP contribution in [0, 0.1) is 0 Å². The topological polar surface area (TPSA) is 54.0 Å². The number of alkyl halides is 17. The highest BCUT2D eigenvalue weighted by Gasteiger charge is 2.85. The Balaban J connectivity index is 6.53. The minimum absolute atomic E-state index is 0.240. The van der Waals surface area contributed by atoms with Crippen molar-refractivity contribution >= 4 is 5.97 Å². The number of rotatable bonds is 11. The van der Waals surface area contributed by atoms with E-state index in [1.54, 1.807) is 0 Å². The summed E-state index contributed by atoms with van der Waals surface area (Å²) in [4.78, 5) is 11.2. The van der Waals surface area contributed by atoms with Gasteiger partial charge in [0.2, 0.25) is 0 Å². The third kappa shape index (κ3) is 6.49. The highest BCUT2D eigenvalue weighted by molar-refractivity contribution is 5.78. The summed E-state index contributed by atoms with van der Waals surface area (Å²) in [6.45, 7) is -1.35. The van der Waals surface area contributed by atoms with Crippen LogP contribution in [0.25, 0.3) is 0 Å². The van der Waals surface area contributed by atoms with Gasteiger partial charge in [-0.05, 0) is 6.92 Å². The third-order valence-electron chi connectivity index (χ3n) is 3.29. The van der Waals surface area contributed by atoms with Crippen LogP contribution in [0.4, 0.5) is 74.6 Å². The molecular formula is C13H9F17O5. The minimum atomic E-state index is -8.06. The summed E-state index contributed by atoms with van der Waals surface area (Å²) in [5.41, 5.74) is 0. The molecule has 0 N–H and O–H groups in total. The molecule has 0 spiro atoms. The van der Waals surface area contributed by atoms with Gasteiger partial charge in [0, 0.05) is 6.61 Å². The Kier molecular flexibility index (Phi) is 9.38. The van der Waals surface area contributed by atoms with Crippen LogP contribution in [0.2, 0.25) is 0 Å². The van der Waals surface area contributed by atoms with Gasteiger partial charge in [-0.3, -0.25) is 9.47 Å². The molecule has 5 nitrogen and oxygen atoms in total. The van der Waals surface area contributed by atoms with Crippen LogP contribution in [-0.2, 0) is 23.7 Å². The first-order valence-electron chi connectivity index (χ1n) is 8.01. The van der Waals surface area contributed by atoms with Crippen molar-refractivity contribution < 1.29 is 98.4 Å². The maximum Gasteiger partial charge on any atom is 0.462 e. The van der Waals surface area contributed by atoms with Crippen molar-refractivity contribution in [2.75, 3.05) is 19.8 Å². The predicted octanol–water partition coefficient (Wildman–Crippen LogP) is 5.44. The molecule has 0 amide bonds. The van der Waals surface area contributed by atoms with Crippen LogP contribution in [0.5, 0.6) is 0 Å². The molecule has 0 aromatic heterocycles. The Morgan fingerprint density at radius 3 is 1.40 bits per heavy atom. The van der Waals surface area contributed by atoms with E-state index in [-0.39, 0.29) is 6.61 Å². The molecule has 0 radical (unpaired) electrons. The third-order valence-corrected chi connectivity index (χ3v) is 3.29. The fourth-order valence-electron chi connectivity index (χ4n) is 1.58. The normalized spacial score (nSPS) is 18.1. The summed E-state index contributed by atoms with van der Waals surface area (Å²) in [5.74, 6) is -26.5. The van der Waals surface area contributed by atoms with E-state index < -0.39 is 67.6 Å². The van der Waals surface area contributed by atoms with Gasteiger partial charge < -0.3 is 9.47 Å². The van der Waals surface area contributed by atoms with E-state index in [1.807, 2.05) is 4.74 Å². The Morgan fingerprint density at radius 2 is 1.06 bits per heavy atom. The summed E-state index contributed by atoms with van der Waals surface area (Å²) in [7, 11) is 0. The van der Waals surface area contributed by atoms with Gasteiger partial charge in [0.1, 0.15) is 6.61 Å². The van der Waals surface area contributed by atoms with E-state index in [0.29, 0.717) is 0 Å². The Labute approximate surface area is 181 Å². The van der Waals surface area contributed by atoms with Crippen LogP contribution in [0.3, 0.4) is 0 Å². The van der Waals surface area contributed by atoms with E-state index >= 15 is 0 Å². The number of halogens is 17. The van der Waals surface area contributed by atoms with Gasteiger partial charge in [-0.1, -0.05) is 0 Å². The van der Waals surface area contributed by atoms with Gasteiger partial charge >= 0.3 is 54.3 Å². The molecule has 0 aromatic carbocycles. The summed E-state index contributed by atoms with van der Waals surface area (Å²) in [5, 5.41) is 0. The van der Waals surface area contributed by atoms with Crippen LogP contribution >= 0.6 is 0 Å². The Bertz CT molecular complexity index is 729. The molecule has 0 heterocycles. The average molecular weight is 568 g/mol. The van der Waals surface area contributed by atoms with Crippen LogP contribution in [0.15, 0.2) is 0 Å². The molecule has 2 atom stereocenters. The molecule has 0 aromatic rings. The van der Waals surface area contributed by atoms with Gasteiger partial charge in [-0.25, -0.2) is 4.79 Å². The van der Waals surface area contributed by atoms with E-state index in [0.717, 1.165) is 0 Å². The Morgan fingerprint density at radius 1 is 0.600 bits per heavy atom. The highest BCUT2D eigenvalue weighted by Crippen LogP contribution is 2.56. The molecule has 35 heavy (non-hydrogen) atoms. The van der Waals surface area contributed by atoms with Crippen molar-refractivity contribution in [3.63, 3.8) is 0 Å². The SMILES string of the molecule is CCOCCOC(=O)[C@](F)(OC(F)(F)[C@](F)(OC(F)(F)C(F)(F)C(F)(F)F)C(F)(F)F)C(F)(F)F. The minimum Gasteiger partial charge on any atom is -0.459 e. The summed E-state index contributed by atoms with van der Waals surface area (Å²) in [6.07, 6.45) is -38.6. The lowest BCUT2D eigenvalue weighted by atomic mass is 10.2. The van der Waals surface area contributed by atoms with Crippen molar-refractivity contribution in [3.8, 4) is 0 Å². The highest BCUT2D eigenvalue weighted by atomic mass is 19.4. The lowest BCUT2D eigenvalue weighted by Crippen LogP contribution is -2.68. The molecule has 0 saturated carbocycles. The summed E-state index contributed by atoms with van der Waals surface area (Å²) in [6, 6.07) is 0. The van der Waals surface area contributed by atoms with Gasteiger partial charge in [-0.2, -0.15) is 74.6 Å². The maximum atomic E-state index is 14.0. The monoisotopic (exact) mass is 568 g/mol. The lowest BCUT2D eigenvalue weighted by Gasteiger charge is -2.39. The van der Waals surface area contributed by atoms with Gasteiger partial charge in [0.25, 0.3) is 0 Å². The molecule has 0 rings (SSSR count). The van der Waals surface area contributed by atoms with E-state index in [9.17, 15) is 79.4 Å². The molecule has 0 fully saturated rings. The first-order chi connectivity index (χ1) is 15.1. The van der Waals surface area contributed by atoms with Crippen molar-refractivity contribution in [3.05, 3.63) is 0 Å². The van der Waals surface area contributed by atoms with Gasteiger partial charge in [-0.15, -0.1) is 0 Å². The largest absolute Gasteiger partial charge is 0.462 e. The van der Waals surface area contributed by atoms with E-state index in [2.05, 4.69) is 9.47 Å². The summed E-state index contributed by atoms with van der Waals surface area (Å²) < 4.78 is 230. The number of ether oxygens (including phenoxy) is 4. The fourth-order valence-corrected chi connectivity index (χ4v) is 1.58. The predicted molar refractivity (Wildman–Crippen MR) is 70.3 cm³/mol. The van der Waals surface area contributed by atoms with Crippen LogP contribution < -0.4 is 0 Å². The molecule has 0 aliphatic rings. The number of carbonyl (C=O) groups is 1. The van der Waals surface area contributed by atoms with Crippen molar-refractivity contribution in [2.24, 2.45) is 0 Å². The fraction of sp³-hybridized carbons (Fsp3) is 0.923. The molecule has 0 saturated heterocycles. The van der Waals surface area contributed by atoms with E-state index in [4.69, 9.17) is 0 Å². The Hall–Kier alpha value is -1.84. The molecule has 22 heteroatoms. The second kappa shape index (κ2) is 9.90. The van der Waals surface area contributed by atoms with Crippen molar-refractivity contribution in [2.45, 2.75) is 55.3 Å². The van der Waals surface area contributed by atoms with Crippen LogP contribution in [-0.4, -0.2) is 74.2 Å². The summed E-state index contributed by atoms with van der Waals surface area (Å²) >= 11 is 0. The van der Waals surface area contributed by atoms with Gasteiger partial charge in [0.15, 0.2) is 0 Å². The maximum absolute atomic E-state index is 14.0. The number of hydrogen-bond acceptors (Lipinski definition) is 5. The lowest BCUT2D eigenvalue weighted by molar-refractivity contribution is -0.548. The number of esters is 1. The smallest absolute Gasteiger partial charge is 0.459 e. The molecule has 0 unspecified atom stereocenters. The second-order valence-corrected chi connectivity index (χ2v) is 5.83. The molecule has 0 aliphatic carbocycles. The quantitative estimate of drug-likeness (QED) is 0.189. The molecule has 0 bridgehead atoms. The zero-order valence-electron chi connectivity index (χ0n) is 16.1. The molecular weight excluding hydrogens is 559 g/mol. The molecule has 210 valence electrons. The van der Waals surface area contributed by atoms with E-state index in [1.165, 1.54) is 11.7 Å². The first kappa shape index (κ1) is 33.2. The standard InChI is InChI=1S/C13H9F17O5/c1-2-32-3-4-33-5(31)6(14,9(18,19)20)34-13(29,30)8(17,11(24,25)26)35-12(27,28)7(15,16)10(21,22)23/h2-4H2,1H3/t6-,8+/m0/s1.